The number of nitrogens with zero attached hydrogens (tertiary/aromatic N) is 1. The molecule has 0 aliphatic heterocycles. The highest BCUT2D eigenvalue weighted by Crippen LogP contribution is 2.37. The van der Waals surface area contributed by atoms with E-state index >= 15 is 0 Å². The fourth-order valence-corrected chi connectivity index (χ4v) is 3.59. The van der Waals surface area contributed by atoms with Crippen molar-refractivity contribution in [1.82, 2.24) is 0 Å². The number of non-ortho nitro benzene ring substituents is 1. The fourth-order valence-electron chi connectivity index (χ4n) is 3.59. The molecule has 2 rings (SSSR count). The molecule has 0 aromatic heterocycles. The number of nitro groups is 1. The van der Waals surface area contributed by atoms with Crippen LogP contribution in [-0.2, 0) is 11.0 Å². The molecule has 3 N–H and O–H groups in total. The van der Waals surface area contributed by atoms with Gasteiger partial charge in [-0.3, -0.25) is 14.9 Å². The molecule has 1 fully saturated rings. The summed E-state index contributed by atoms with van der Waals surface area (Å²) in [4.78, 5) is 22.3. The first-order valence-corrected chi connectivity index (χ1v) is 9.02. The molecule has 1 saturated carbocycles. The van der Waals surface area contributed by atoms with Gasteiger partial charge in [0.15, 0.2) is 6.04 Å². The SMILES string of the molecule is C[C@H]1[C@@H]([NH2+][C@@H](C)C(=O)Nc2ccc([N+](=O)[O-])cc2C(F)(F)F)CCC[C@@H]1C. The van der Waals surface area contributed by atoms with Crippen molar-refractivity contribution < 1.29 is 28.2 Å². The molecule has 0 radical (unpaired) electrons. The highest BCUT2D eigenvalue weighted by molar-refractivity contribution is 5.94. The highest BCUT2D eigenvalue weighted by atomic mass is 19.4. The van der Waals surface area contributed by atoms with Crippen molar-refractivity contribution >= 4 is 17.3 Å². The molecule has 1 aliphatic carbocycles. The molecule has 1 aromatic carbocycles. The summed E-state index contributed by atoms with van der Waals surface area (Å²) in [5, 5.41) is 14.9. The lowest BCUT2D eigenvalue weighted by Gasteiger charge is -2.33. The number of carbonyl (C=O) groups is 1. The van der Waals surface area contributed by atoms with E-state index in [0.717, 1.165) is 31.4 Å². The Morgan fingerprint density at radius 2 is 2.00 bits per heavy atom. The number of hydrogen-bond acceptors (Lipinski definition) is 3. The predicted octanol–water partition coefficient (Wildman–Crippen LogP) is 3.33. The molecule has 1 aliphatic rings. The molecule has 0 saturated heterocycles. The van der Waals surface area contributed by atoms with Gasteiger partial charge in [0.05, 0.1) is 22.2 Å². The van der Waals surface area contributed by atoms with E-state index in [1.54, 1.807) is 6.92 Å². The fraction of sp³-hybridized carbons (Fsp3) is 0.611. The van der Waals surface area contributed by atoms with Gasteiger partial charge in [-0.05, 0) is 38.2 Å². The number of alkyl halides is 3. The van der Waals surface area contributed by atoms with Crippen LogP contribution in [0.2, 0.25) is 0 Å². The third-order valence-electron chi connectivity index (χ3n) is 5.50. The zero-order valence-corrected chi connectivity index (χ0v) is 15.5. The van der Waals surface area contributed by atoms with E-state index in [4.69, 9.17) is 0 Å². The maximum Gasteiger partial charge on any atom is 0.418 e. The Hall–Kier alpha value is -2.16. The molecular formula is C18H25F3N3O3+. The zero-order valence-electron chi connectivity index (χ0n) is 15.5. The number of carbonyl (C=O) groups excluding carboxylic acids is 1. The van der Waals surface area contributed by atoms with E-state index in [-0.39, 0.29) is 6.04 Å². The number of benzene rings is 1. The lowest BCUT2D eigenvalue weighted by Crippen LogP contribution is -2.97. The van der Waals surface area contributed by atoms with Gasteiger partial charge in [-0.1, -0.05) is 13.8 Å². The molecule has 150 valence electrons. The number of halogens is 3. The number of amides is 1. The van der Waals surface area contributed by atoms with Crippen LogP contribution in [0.15, 0.2) is 18.2 Å². The largest absolute Gasteiger partial charge is 0.418 e. The first-order valence-electron chi connectivity index (χ1n) is 9.02. The molecule has 4 atom stereocenters. The van der Waals surface area contributed by atoms with Crippen molar-refractivity contribution in [3.8, 4) is 0 Å². The topological polar surface area (TPSA) is 88.8 Å². The van der Waals surface area contributed by atoms with E-state index < -0.39 is 40.0 Å². The van der Waals surface area contributed by atoms with Gasteiger partial charge >= 0.3 is 6.18 Å². The number of hydrogen-bond donors (Lipinski definition) is 2. The Kier molecular flexibility index (Phi) is 6.46. The first kappa shape index (κ1) is 21.1. The number of nitrogens with one attached hydrogen (secondary N) is 1. The summed E-state index contributed by atoms with van der Waals surface area (Å²) in [6.45, 7) is 5.95. The van der Waals surface area contributed by atoms with Gasteiger partial charge in [-0.25, -0.2) is 0 Å². The Labute approximate surface area is 155 Å². The van der Waals surface area contributed by atoms with Crippen molar-refractivity contribution in [2.24, 2.45) is 11.8 Å². The lowest BCUT2D eigenvalue weighted by molar-refractivity contribution is -0.715. The van der Waals surface area contributed by atoms with Gasteiger partial charge in [-0.2, -0.15) is 13.2 Å². The maximum absolute atomic E-state index is 13.2. The number of anilines is 1. The summed E-state index contributed by atoms with van der Waals surface area (Å²) < 4.78 is 39.7. The van der Waals surface area contributed by atoms with Crippen LogP contribution in [0.4, 0.5) is 24.5 Å². The molecule has 0 unspecified atom stereocenters. The molecule has 1 aromatic rings. The standard InChI is InChI=1S/C18H24F3N3O3/c1-10-5-4-6-15(11(10)2)22-12(3)17(25)23-16-8-7-13(24(26)27)9-14(16)18(19,20)21/h7-12,15,22H,4-6H2,1-3H3,(H,23,25)/p+1/t10-,11+,12-,15-/m0/s1. The summed E-state index contributed by atoms with van der Waals surface area (Å²) in [7, 11) is 0. The second-order valence-corrected chi connectivity index (χ2v) is 7.39. The summed E-state index contributed by atoms with van der Waals surface area (Å²) >= 11 is 0. The van der Waals surface area contributed by atoms with E-state index in [9.17, 15) is 28.1 Å². The van der Waals surface area contributed by atoms with Crippen molar-refractivity contribution in [2.75, 3.05) is 5.32 Å². The van der Waals surface area contributed by atoms with Crippen LogP contribution in [0, 0.1) is 22.0 Å². The van der Waals surface area contributed by atoms with E-state index in [2.05, 4.69) is 19.2 Å². The van der Waals surface area contributed by atoms with Gasteiger partial charge in [0.25, 0.3) is 11.6 Å². The Balaban J connectivity index is 2.13. The van der Waals surface area contributed by atoms with Crippen LogP contribution in [0.25, 0.3) is 0 Å². The van der Waals surface area contributed by atoms with Crippen LogP contribution in [0.5, 0.6) is 0 Å². The van der Waals surface area contributed by atoms with Crippen LogP contribution in [-0.4, -0.2) is 22.9 Å². The molecule has 9 heteroatoms. The smallest absolute Gasteiger partial charge is 0.334 e. The van der Waals surface area contributed by atoms with E-state index in [0.29, 0.717) is 17.9 Å². The van der Waals surface area contributed by atoms with Crippen LogP contribution >= 0.6 is 0 Å². The number of rotatable bonds is 5. The van der Waals surface area contributed by atoms with Crippen molar-refractivity contribution in [2.45, 2.75) is 58.3 Å². The normalized spacial score (nSPS) is 24.3. The van der Waals surface area contributed by atoms with Gasteiger partial charge in [-0.15, -0.1) is 0 Å². The summed E-state index contributed by atoms with van der Waals surface area (Å²) in [6.07, 6.45) is -1.63. The second kappa shape index (κ2) is 8.24. The van der Waals surface area contributed by atoms with Crippen LogP contribution < -0.4 is 10.6 Å². The maximum atomic E-state index is 13.2. The number of quaternary nitrogens is 1. The Bertz CT molecular complexity index is 709. The summed E-state index contributed by atoms with van der Waals surface area (Å²) in [6, 6.07) is 1.99. The van der Waals surface area contributed by atoms with Gasteiger partial charge in [0.2, 0.25) is 0 Å². The quantitative estimate of drug-likeness (QED) is 0.599. The summed E-state index contributed by atoms with van der Waals surface area (Å²) in [5.74, 6) is 0.403. The molecule has 1 amide bonds. The average molecular weight is 388 g/mol. The molecule has 0 bridgehead atoms. The van der Waals surface area contributed by atoms with Crippen LogP contribution in [0.3, 0.4) is 0 Å². The third kappa shape index (κ3) is 5.18. The number of nitro benzene ring substituents is 1. The molecule has 0 spiro atoms. The first-order chi connectivity index (χ1) is 12.5. The highest BCUT2D eigenvalue weighted by Gasteiger charge is 2.37. The minimum Gasteiger partial charge on any atom is -0.334 e. The minimum absolute atomic E-state index is 0.244. The van der Waals surface area contributed by atoms with Crippen molar-refractivity contribution in [3.05, 3.63) is 33.9 Å². The van der Waals surface area contributed by atoms with Crippen LogP contribution in [0.1, 0.15) is 45.6 Å². The summed E-state index contributed by atoms with van der Waals surface area (Å²) in [5.41, 5.74) is -2.37. The van der Waals surface area contributed by atoms with Crippen molar-refractivity contribution in [1.29, 1.82) is 0 Å². The average Bonchev–Trinajstić information content (AvgIpc) is 2.58. The van der Waals surface area contributed by atoms with Gasteiger partial charge < -0.3 is 10.6 Å². The lowest BCUT2D eigenvalue weighted by atomic mass is 9.78. The molecular weight excluding hydrogens is 363 g/mol. The second-order valence-electron chi connectivity index (χ2n) is 7.39. The zero-order chi connectivity index (χ0) is 20.4. The predicted molar refractivity (Wildman–Crippen MR) is 94.1 cm³/mol. The molecule has 6 nitrogen and oxygen atoms in total. The van der Waals surface area contributed by atoms with E-state index in [1.165, 1.54) is 0 Å². The van der Waals surface area contributed by atoms with Crippen molar-refractivity contribution in [3.63, 3.8) is 0 Å². The molecule has 27 heavy (non-hydrogen) atoms. The van der Waals surface area contributed by atoms with Gasteiger partial charge in [0.1, 0.15) is 0 Å². The monoisotopic (exact) mass is 388 g/mol. The van der Waals surface area contributed by atoms with E-state index in [1.807, 2.05) is 5.32 Å². The number of nitrogens with two attached hydrogens (primary N) is 1. The molecule has 0 heterocycles. The minimum atomic E-state index is -4.81. The van der Waals surface area contributed by atoms with Gasteiger partial charge in [0, 0.05) is 18.1 Å². The Morgan fingerprint density at radius 1 is 1.33 bits per heavy atom. The third-order valence-corrected chi connectivity index (χ3v) is 5.50. The Morgan fingerprint density at radius 3 is 2.59 bits per heavy atom.